The van der Waals surface area contributed by atoms with Crippen molar-refractivity contribution in [3.05, 3.63) is 60.7 Å². The summed E-state index contributed by atoms with van der Waals surface area (Å²) < 4.78 is 37.1. The van der Waals surface area contributed by atoms with Crippen LogP contribution in [0.1, 0.15) is 0 Å². The number of fused-ring (bicyclic) bond motifs is 1. The third kappa shape index (κ3) is 3.27. The fourth-order valence-electron chi connectivity index (χ4n) is 2.30. The van der Waals surface area contributed by atoms with Crippen molar-refractivity contribution in [2.45, 2.75) is 4.90 Å². The van der Waals surface area contributed by atoms with Crippen LogP contribution in [-0.4, -0.2) is 20.1 Å². The quantitative estimate of drug-likeness (QED) is 0.558. The van der Waals surface area contributed by atoms with Crippen molar-refractivity contribution < 1.29 is 17.7 Å². The lowest BCUT2D eigenvalue weighted by Gasteiger charge is -2.08. The molecule has 0 aliphatic heterocycles. The van der Waals surface area contributed by atoms with Gasteiger partial charge >= 0.3 is 0 Å². The zero-order valence-corrected chi connectivity index (χ0v) is 13.6. The molecule has 0 saturated carbocycles. The Hall–Kier alpha value is -2.77. The number of benzene rings is 3. The topological polar surface area (TPSA) is 88.3 Å². The molecular weight excluding hydrogens is 328 g/mol. The highest BCUT2D eigenvalue weighted by molar-refractivity contribution is 7.85. The minimum absolute atomic E-state index is 0.175. The van der Waals surface area contributed by atoms with Crippen LogP contribution in [0.5, 0.6) is 5.75 Å². The van der Waals surface area contributed by atoms with Crippen molar-refractivity contribution in [2.75, 3.05) is 7.11 Å². The molecule has 0 aromatic heterocycles. The molecule has 3 aromatic carbocycles. The predicted octanol–water partition coefficient (Wildman–Crippen LogP) is 4.51. The molecule has 24 heavy (non-hydrogen) atoms. The van der Waals surface area contributed by atoms with Gasteiger partial charge in [-0.3, -0.25) is 4.55 Å². The molecule has 3 aromatic rings. The Kier molecular flexibility index (Phi) is 4.28. The lowest BCUT2D eigenvalue weighted by atomic mass is 10.1. The van der Waals surface area contributed by atoms with Gasteiger partial charge in [-0.15, -0.1) is 5.11 Å². The average molecular weight is 342 g/mol. The first-order valence-electron chi connectivity index (χ1n) is 7.04. The van der Waals surface area contributed by atoms with Crippen LogP contribution in [0, 0.1) is 0 Å². The maximum atomic E-state index is 11.3. The summed E-state index contributed by atoms with van der Waals surface area (Å²) in [7, 11) is -2.74. The molecule has 6 nitrogen and oxygen atoms in total. The van der Waals surface area contributed by atoms with Crippen LogP contribution in [0.4, 0.5) is 11.4 Å². The SMILES string of the molecule is COc1ccc2cc(S(=O)(=O)O)ccc2c1N=Nc1ccccc1. The Morgan fingerprint density at radius 1 is 0.958 bits per heavy atom. The van der Waals surface area contributed by atoms with Crippen molar-refractivity contribution in [3.8, 4) is 5.75 Å². The molecular formula is C17H14N2O4S. The number of hydrogen-bond acceptors (Lipinski definition) is 5. The summed E-state index contributed by atoms with van der Waals surface area (Å²) in [6, 6.07) is 16.9. The van der Waals surface area contributed by atoms with Crippen LogP contribution in [0.2, 0.25) is 0 Å². The number of methoxy groups -OCH3 is 1. The van der Waals surface area contributed by atoms with Gasteiger partial charge < -0.3 is 4.74 Å². The fraction of sp³-hybridized carbons (Fsp3) is 0.0588. The summed E-state index contributed by atoms with van der Waals surface area (Å²) in [5, 5.41) is 9.71. The Morgan fingerprint density at radius 2 is 1.71 bits per heavy atom. The molecule has 0 heterocycles. The maximum absolute atomic E-state index is 11.3. The Bertz CT molecular complexity index is 1020. The summed E-state index contributed by atoms with van der Waals surface area (Å²) in [4.78, 5) is -0.175. The van der Waals surface area contributed by atoms with Crippen molar-refractivity contribution in [2.24, 2.45) is 10.2 Å². The summed E-state index contributed by atoms with van der Waals surface area (Å²) in [5.41, 5.74) is 1.17. The van der Waals surface area contributed by atoms with Crippen LogP contribution < -0.4 is 4.74 Å². The van der Waals surface area contributed by atoms with Gasteiger partial charge in [0, 0.05) is 5.39 Å². The van der Waals surface area contributed by atoms with Gasteiger partial charge in [-0.2, -0.15) is 13.5 Å². The summed E-state index contributed by atoms with van der Waals surface area (Å²) in [5.74, 6) is 0.516. The highest BCUT2D eigenvalue weighted by Gasteiger charge is 2.13. The molecule has 7 heteroatoms. The maximum Gasteiger partial charge on any atom is 0.294 e. The van der Waals surface area contributed by atoms with Gasteiger partial charge in [0.2, 0.25) is 0 Å². The largest absolute Gasteiger partial charge is 0.494 e. The molecule has 0 amide bonds. The lowest BCUT2D eigenvalue weighted by Crippen LogP contribution is -1.97. The molecule has 0 bridgehead atoms. The lowest BCUT2D eigenvalue weighted by molar-refractivity contribution is 0.416. The van der Waals surface area contributed by atoms with Crippen molar-refractivity contribution in [1.29, 1.82) is 0 Å². The minimum Gasteiger partial charge on any atom is -0.494 e. The van der Waals surface area contributed by atoms with Gasteiger partial charge in [0.1, 0.15) is 11.4 Å². The highest BCUT2D eigenvalue weighted by Crippen LogP contribution is 2.37. The van der Waals surface area contributed by atoms with E-state index in [1.54, 1.807) is 18.2 Å². The van der Waals surface area contributed by atoms with Crippen molar-refractivity contribution in [1.82, 2.24) is 0 Å². The zero-order valence-electron chi connectivity index (χ0n) is 12.7. The first kappa shape index (κ1) is 16.1. The van der Waals surface area contributed by atoms with E-state index in [1.807, 2.05) is 30.3 Å². The van der Waals surface area contributed by atoms with E-state index in [9.17, 15) is 13.0 Å². The molecule has 0 spiro atoms. The molecule has 122 valence electrons. The van der Waals surface area contributed by atoms with Crippen LogP contribution in [0.25, 0.3) is 10.8 Å². The highest BCUT2D eigenvalue weighted by atomic mass is 32.2. The fourth-order valence-corrected chi connectivity index (χ4v) is 2.82. The van der Waals surface area contributed by atoms with E-state index >= 15 is 0 Å². The first-order valence-corrected chi connectivity index (χ1v) is 8.48. The van der Waals surface area contributed by atoms with Crippen molar-refractivity contribution >= 4 is 32.3 Å². The van der Waals surface area contributed by atoms with E-state index in [1.165, 1.54) is 19.2 Å². The summed E-state index contributed by atoms with van der Waals surface area (Å²) >= 11 is 0. The van der Waals surface area contributed by atoms with Gasteiger partial charge in [-0.1, -0.05) is 30.3 Å². The van der Waals surface area contributed by atoms with E-state index in [-0.39, 0.29) is 4.90 Å². The normalized spacial score (nSPS) is 11.9. The molecule has 0 aliphatic rings. The Balaban J connectivity index is 2.16. The zero-order chi connectivity index (χ0) is 17.2. The second kappa shape index (κ2) is 6.38. The van der Waals surface area contributed by atoms with Gasteiger partial charge in [-0.05, 0) is 35.7 Å². The molecule has 0 fully saturated rings. The number of nitrogens with zero attached hydrogens (tertiary/aromatic N) is 2. The van der Waals surface area contributed by atoms with Crippen LogP contribution >= 0.6 is 0 Å². The number of rotatable bonds is 4. The first-order chi connectivity index (χ1) is 11.5. The number of azo groups is 1. The number of ether oxygens (including phenoxy) is 1. The Labute approximate surface area is 139 Å². The van der Waals surface area contributed by atoms with E-state index in [0.29, 0.717) is 27.9 Å². The second-order valence-electron chi connectivity index (χ2n) is 5.01. The van der Waals surface area contributed by atoms with E-state index in [2.05, 4.69) is 10.2 Å². The van der Waals surface area contributed by atoms with Gasteiger partial charge in [0.15, 0.2) is 0 Å². The molecule has 0 atom stereocenters. The van der Waals surface area contributed by atoms with Crippen LogP contribution in [0.15, 0.2) is 75.8 Å². The number of hydrogen-bond donors (Lipinski definition) is 1. The monoisotopic (exact) mass is 342 g/mol. The standard InChI is InChI=1S/C17H14N2O4S/c1-23-16-10-7-12-11-14(24(20,21)22)8-9-15(12)17(16)19-18-13-5-3-2-4-6-13/h2-11H,1H3,(H,20,21,22). The second-order valence-corrected chi connectivity index (χ2v) is 6.43. The van der Waals surface area contributed by atoms with E-state index < -0.39 is 10.1 Å². The Morgan fingerprint density at radius 3 is 2.38 bits per heavy atom. The molecule has 0 saturated heterocycles. The molecule has 3 rings (SSSR count). The molecule has 0 aliphatic carbocycles. The van der Waals surface area contributed by atoms with Crippen LogP contribution in [-0.2, 0) is 10.1 Å². The van der Waals surface area contributed by atoms with Crippen molar-refractivity contribution in [3.63, 3.8) is 0 Å². The molecule has 0 unspecified atom stereocenters. The van der Waals surface area contributed by atoms with Gasteiger partial charge in [0.25, 0.3) is 10.1 Å². The minimum atomic E-state index is -4.26. The van der Waals surface area contributed by atoms with E-state index in [4.69, 9.17) is 4.74 Å². The smallest absolute Gasteiger partial charge is 0.294 e. The molecule has 1 N–H and O–H groups in total. The van der Waals surface area contributed by atoms with Crippen LogP contribution in [0.3, 0.4) is 0 Å². The summed E-state index contributed by atoms with van der Waals surface area (Å²) in [6.07, 6.45) is 0. The predicted molar refractivity (Wildman–Crippen MR) is 90.9 cm³/mol. The van der Waals surface area contributed by atoms with E-state index in [0.717, 1.165) is 0 Å². The third-order valence-electron chi connectivity index (χ3n) is 3.47. The van der Waals surface area contributed by atoms with Gasteiger partial charge in [0.05, 0.1) is 17.7 Å². The average Bonchev–Trinajstić information content (AvgIpc) is 2.59. The molecule has 0 radical (unpaired) electrons. The third-order valence-corrected chi connectivity index (χ3v) is 4.31. The van der Waals surface area contributed by atoms with Gasteiger partial charge in [-0.25, -0.2) is 0 Å². The summed E-state index contributed by atoms with van der Waals surface area (Å²) in [6.45, 7) is 0.